The lowest BCUT2D eigenvalue weighted by Crippen LogP contribution is -2.17. The predicted molar refractivity (Wildman–Crippen MR) is 67.8 cm³/mol. The molecule has 0 aliphatic carbocycles. The first-order valence-electron chi connectivity index (χ1n) is 5.85. The number of benzene rings is 1. The molecule has 0 aliphatic heterocycles. The van der Waals surface area contributed by atoms with Crippen LogP contribution in [0.4, 0.5) is 0 Å². The van der Waals surface area contributed by atoms with Crippen molar-refractivity contribution in [3.63, 3.8) is 0 Å². The van der Waals surface area contributed by atoms with E-state index in [1.165, 1.54) is 11.1 Å². The summed E-state index contributed by atoms with van der Waals surface area (Å²) < 4.78 is 1.95. The van der Waals surface area contributed by atoms with Crippen molar-refractivity contribution in [1.82, 2.24) is 9.55 Å². The van der Waals surface area contributed by atoms with Crippen molar-refractivity contribution in [3.05, 3.63) is 53.6 Å². The first-order chi connectivity index (χ1) is 8.16. The second-order valence-electron chi connectivity index (χ2n) is 4.44. The van der Waals surface area contributed by atoms with Gasteiger partial charge in [-0.1, -0.05) is 24.3 Å². The minimum atomic E-state index is -0.378. The van der Waals surface area contributed by atoms with Crippen LogP contribution >= 0.6 is 0 Å². The maximum Gasteiger partial charge on any atom is 0.110 e. The van der Waals surface area contributed by atoms with E-state index in [2.05, 4.69) is 24.0 Å². The highest BCUT2D eigenvalue weighted by atomic mass is 16.3. The Hall–Kier alpha value is -1.61. The Labute approximate surface area is 102 Å². The van der Waals surface area contributed by atoms with E-state index in [1.54, 1.807) is 6.20 Å². The molecule has 0 spiro atoms. The van der Waals surface area contributed by atoms with Crippen molar-refractivity contribution in [1.29, 1.82) is 0 Å². The molecule has 3 heteroatoms. The van der Waals surface area contributed by atoms with Crippen LogP contribution in [-0.2, 0) is 19.9 Å². The lowest BCUT2D eigenvalue weighted by Gasteiger charge is -2.12. The van der Waals surface area contributed by atoms with Gasteiger partial charge < -0.3 is 9.67 Å². The molecule has 0 fully saturated rings. The van der Waals surface area contributed by atoms with E-state index in [9.17, 15) is 5.11 Å². The summed E-state index contributed by atoms with van der Waals surface area (Å²) >= 11 is 0. The van der Waals surface area contributed by atoms with Gasteiger partial charge in [-0.05, 0) is 24.5 Å². The second kappa shape index (κ2) is 5.15. The number of rotatable bonds is 4. The van der Waals surface area contributed by atoms with E-state index in [1.807, 2.05) is 29.9 Å². The van der Waals surface area contributed by atoms with Crippen molar-refractivity contribution in [2.24, 2.45) is 7.05 Å². The van der Waals surface area contributed by atoms with Crippen molar-refractivity contribution >= 4 is 0 Å². The van der Waals surface area contributed by atoms with Crippen molar-refractivity contribution < 1.29 is 5.11 Å². The molecular formula is C14H18N2O. The number of imidazole rings is 1. The predicted octanol–water partition coefficient (Wildman–Crippen LogP) is 1.87. The molecule has 1 heterocycles. The molecule has 90 valence electrons. The van der Waals surface area contributed by atoms with E-state index in [0.717, 1.165) is 5.82 Å². The maximum atomic E-state index is 10.1. The van der Waals surface area contributed by atoms with Crippen LogP contribution in [0.5, 0.6) is 0 Å². The highest BCUT2D eigenvalue weighted by Gasteiger charge is 2.10. The van der Waals surface area contributed by atoms with Crippen molar-refractivity contribution in [2.45, 2.75) is 25.9 Å². The zero-order valence-corrected chi connectivity index (χ0v) is 10.3. The summed E-state index contributed by atoms with van der Waals surface area (Å²) in [5, 5.41) is 10.1. The molecule has 1 aromatic heterocycles. The summed E-state index contributed by atoms with van der Waals surface area (Å²) in [4.78, 5) is 4.22. The monoisotopic (exact) mass is 230 g/mol. The second-order valence-corrected chi connectivity index (χ2v) is 4.44. The Balaban J connectivity index is 2.01. The van der Waals surface area contributed by atoms with E-state index < -0.39 is 0 Å². The molecule has 0 bridgehead atoms. The third-order valence-electron chi connectivity index (χ3n) is 3.06. The van der Waals surface area contributed by atoms with Gasteiger partial charge >= 0.3 is 0 Å². The number of hydrogen-bond acceptors (Lipinski definition) is 2. The molecule has 17 heavy (non-hydrogen) atoms. The molecule has 0 saturated heterocycles. The van der Waals surface area contributed by atoms with Gasteiger partial charge in [0.25, 0.3) is 0 Å². The van der Waals surface area contributed by atoms with Gasteiger partial charge in [0.1, 0.15) is 5.82 Å². The normalized spacial score (nSPS) is 12.6. The summed E-state index contributed by atoms with van der Waals surface area (Å²) in [7, 11) is 1.95. The van der Waals surface area contributed by atoms with Gasteiger partial charge in [-0.15, -0.1) is 0 Å². The number of hydrogen-bond donors (Lipinski definition) is 1. The first-order valence-corrected chi connectivity index (χ1v) is 5.85. The number of aliphatic hydroxyl groups excluding tert-OH is 1. The van der Waals surface area contributed by atoms with Crippen molar-refractivity contribution in [3.8, 4) is 0 Å². The Kier molecular flexibility index (Phi) is 3.59. The van der Waals surface area contributed by atoms with Gasteiger partial charge in [-0.2, -0.15) is 0 Å². The summed E-state index contributed by atoms with van der Waals surface area (Å²) in [6.07, 6.45) is 4.56. The van der Waals surface area contributed by atoms with Crippen LogP contribution < -0.4 is 0 Å². The molecule has 1 atom stereocenters. The van der Waals surface area contributed by atoms with Crippen molar-refractivity contribution in [2.75, 3.05) is 0 Å². The third kappa shape index (κ3) is 2.94. The van der Waals surface area contributed by atoms with Gasteiger partial charge in [0.15, 0.2) is 0 Å². The SMILES string of the molecule is Cc1ccccc1CC(O)Cc1nccn1C. The van der Waals surface area contributed by atoms with Crippen LogP contribution in [0.3, 0.4) is 0 Å². The zero-order valence-electron chi connectivity index (χ0n) is 10.3. The van der Waals surface area contributed by atoms with Crippen LogP contribution in [-0.4, -0.2) is 20.8 Å². The number of nitrogens with zero attached hydrogens (tertiary/aromatic N) is 2. The average Bonchev–Trinajstić information content (AvgIpc) is 2.68. The highest BCUT2D eigenvalue weighted by molar-refractivity contribution is 5.26. The number of aromatic nitrogens is 2. The van der Waals surface area contributed by atoms with Gasteiger partial charge in [-0.25, -0.2) is 4.98 Å². The first kappa shape index (κ1) is 11.9. The Morgan fingerprint density at radius 1 is 1.29 bits per heavy atom. The fourth-order valence-corrected chi connectivity index (χ4v) is 1.97. The van der Waals surface area contributed by atoms with E-state index in [-0.39, 0.29) is 6.10 Å². The largest absolute Gasteiger partial charge is 0.392 e. The Morgan fingerprint density at radius 3 is 2.71 bits per heavy atom. The molecule has 2 rings (SSSR count). The molecule has 0 radical (unpaired) electrons. The quantitative estimate of drug-likeness (QED) is 0.870. The van der Waals surface area contributed by atoms with Crippen LogP contribution in [0, 0.1) is 6.92 Å². The Bertz CT molecular complexity index is 490. The molecule has 1 N–H and O–H groups in total. The van der Waals surface area contributed by atoms with Crippen LogP contribution in [0.25, 0.3) is 0 Å². The fraction of sp³-hybridized carbons (Fsp3) is 0.357. The number of aryl methyl sites for hydroxylation is 2. The van der Waals surface area contributed by atoms with Crippen LogP contribution in [0.2, 0.25) is 0 Å². The topological polar surface area (TPSA) is 38.1 Å². The molecule has 0 aliphatic rings. The lowest BCUT2D eigenvalue weighted by molar-refractivity contribution is 0.172. The Morgan fingerprint density at radius 2 is 2.06 bits per heavy atom. The summed E-state index contributed by atoms with van der Waals surface area (Å²) in [6, 6.07) is 8.17. The van der Waals surface area contributed by atoms with Gasteiger partial charge in [0, 0.05) is 25.9 Å². The van der Waals surface area contributed by atoms with E-state index >= 15 is 0 Å². The summed E-state index contributed by atoms with van der Waals surface area (Å²) in [5.41, 5.74) is 2.43. The summed E-state index contributed by atoms with van der Waals surface area (Å²) in [6.45, 7) is 2.07. The summed E-state index contributed by atoms with van der Waals surface area (Å²) in [5.74, 6) is 0.922. The lowest BCUT2D eigenvalue weighted by atomic mass is 10.0. The third-order valence-corrected chi connectivity index (χ3v) is 3.06. The smallest absolute Gasteiger partial charge is 0.110 e. The minimum Gasteiger partial charge on any atom is -0.392 e. The fourth-order valence-electron chi connectivity index (χ4n) is 1.97. The van der Waals surface area contributed by atoms with Gasteiger partial charge in [0.2, 0.25) is 0 Å². The number of aliphatic hydroxyl groups is 1. The van der Waals surface area contributed by atoms with Crippen LogP contribution in [0.1, 0.15) is 17.0 Å². The molecular weight excluding hydrogens is 212 g/mol. The zero-order chi connectivity index (χ0) is 12.3. The molecule has 1 unspecified atom stereocenters. The van der Waals surface area contributed by atoms with E-state index in [4.69, 9.17) is 0 Å². The molecule has 0 saturated carbocycles. The molecule has 2 aromatic rings. The molecule has 3 nitrogen and oxygen atoms in total. The molecule has 1 aromatic carbocycles. The van der Waals surface area contributed by atoms with Gasteiger partial charge in [0.05, 0.1) is 6.10 Å². The molecule has 0 amide bonds. The standard InChI is InChI=1S/C14H18N2O/c1-11-5-3-4-6-12(11)9-13(17)10-14-15-7-8-16(14)2/h3-8,13,17H,9-10H2,1-2H3. The average molecular weight is 230 g/mol. The minimum absolute atomic E-state index is 0.378. The maximum absolute atomic E-state index is 10.1. The highest BCUT2D eigenvalue weighted by Crippen LogP contribution is 2.11. The van der Waals surface area contributed by atoms with E-state index in [0.29, 0.717) is 12.8 Å². The van der Waals surface area contributed by atoms with Crippen LogP contribution in [0.15, 0.2) is 36.7 Å². The van der Waals surface area contributed by atoms with Gasteiger partial charge in [-0.3, -0.25) is 0 Å².